The van der Waals surface area contributed by atoms with E-state index in [-0.39, 0.29) is 0 Å². The second kappa shape index (κ2) is 6.00. The van der Waals surface area contributed by atoms with E-state index in [1.807, 2.05) is 30.3 Å². The van der Waals surface area contributed by atoms with Gasteiger partial charge in [0, 0.05) is 27.6 Å². The van der Waals surface area contributed by atoms with Crippen molar-refractivity contribution in [1.29, 1.82) is 0 Å². The van der Waals surface area contributed by atoms with E-state index >= 15 is 0 Å². The van der Waals surface area contributed by atoms with Gasteiger partial charge in [-0.25, -0.2) is 19.9 Å². The summed E-state index contributed by atoms with van der Waals surface area (Å²) in [7, 11) is 0. The Morgan fingerprint density at radius 1 is 0.588 bits per heavy atom. The average molecular weight is 432 g/mol. The lowest BCUT2D eigenvalue weighted by molar-refractivity contribution is 1.27. The molecule has 2 aliphatic rings. The maximum Gasteiger partial charge on any atom is 0.0979 e. The van der Waals surface area contributed by atoms with E-state index < -0.39 is 0 Å². The highest BCUT2D eigenvalue weighted by Crippen LogP contribution is 2.46. The van der Waals surface area contributed by atoms with Crippen LogP contribution in [0.25, 0.3) is 78.3 Å². The quantitative estimate of drug-likeness (QED) is 0.261. The minimum absolute atomic E-state index is 0.795. The molecule has 0 unspecified atom stereocenters. The molecule has 2 heterocycles. The van der Waals surface area contributed by atoms with Gasteiger partial charge in [-0.1, -0.05) is 73.8 Å². The lowest BCUT2D eigenvalue weighted by Gasteiger charge is -2.07. The smallest absolute Gasteiger partial charge is 0.0979 e. The highest BCUT2D eigenvalue weighted by molar-refractivity contribution is 6.14. The van der Waals surface area contributed by atoms with Gasteiger partial charge in [0.05, 0.1) is 44.8 Å². The molecular formula is C30H16N4. The molecule has 0 saturated heterocycles. The fraction of sp³-hybridized carbons (Fsp3) is 0. The number of fused-ring (bicyclic) bond motifs is 8. The Hall–Kier alpha value is -4.70. The van der Waals surface area contributed by atoms with Crippen LogP contribution in [0.1, 0.15) is 16.8 Å². The number of hydrogen-bond donors (Lipinski definition) is 0. The summed E-state index contributed by atoms with van der Waals surface area (Å²) in [6.07, 6.45) is 1.86. The number of nitrogens with zero attached hydrogens (tertiary/aromatic N) is 4. The zero-order chi connectivity index (χ0) is 22.6. The molecule has 0 N–H and O–H groups in total. The molecule has 6 aromatic rings. The van der Waals surface area contributed by atoms with E-state index in [0.717, 1.165) is 78.2 Å². The molecule has 4 heteroatoms. The van der Waals surface area contributed by atoms with Crippen molar-refractivity contribution in [2.24, 2.45) is 0 Å². The third kappa shape index (κ3) is 2.08. The topological polar surface area (TPSA) is 51.6 Å². The van der Waals surface area contributed by atoms with Crippen molar-refractivity contribution in [3.63, 3.8) is 0 Å². The summed E-state index contributed by atoms with van der Waals surface area (Å²) in [6.45, 7) is 8.29. The van der Waals surface area contributed by atoms with Gasteiger partial charge < -0.3 is 0 Å². The Labute approximate surface area is 195 Å². The van der Waals surface area contributed by atoms with Crippen LogP contribution >= 0.6 is 0 Å². The van der Waals surface area contributed by atoms with Gasteiger partial charge in [0.2, 0.25) is 0 Å². The van der Waals surface area contributed by atoms with Gasteiger partial charge in [-0.15, -0.1) is 0 Å². The van der Waals surface area contributed by atoms with Crippen molar-refractivity contribution < 1.29 is 0 Å². The van der Waals surface area contributed by atoms with Crippen LogP contribution in [0.5, 0.6) is 0 Å². The van der Waals surface area contributed by atoms with E-state index in [0.29, 0.717) is 0 Å². The third-order valence-electron chi connectivity index (χ3n) is 7.02. The second-order valence-corrected chi connectivity index (χ2v) is 8.83. The fourth-order valence-electron chi connectivity index (χ4n) is 5.51. The first-order chi connectivity index (χ1) is 16.7. The van der Waals surface area contributed by atoms with Gasteiger partial charge in [-0.05, 0) is 28.6 Å². The van der Waals surface area contributed by atoms with Gasteiger partial charge in [0.1, 0.15) is 0 Å². The Morgan fingerprint density at radius 2 is 1.09 bits per heavy atom. The van der Waals surface area contributed by atoms with Crippen molar-refractivity contribution in [2.45, 2.75) is 0 Å². The lowest BCUT2D eigenvalue weighted by Crippen LogP contribution is -1.95. The van der Waals surface area contributed by atoms with E-state index in [9.17, 15) is 0 Å². The molecule has 0 radical (unpaired) electrons. The molecule has 4 nitrogen and oxygen atoms in total. The minimum Gasteiger partial charge on any atom is -0.244 e. The molecule has 0 amide bonds. The van der Waals surface area contributed by atoms with Crippen LogP contribution in [0, 0.1) is 0 Å². The van der Waals surface area contributed by atoms with Crippen LogP contribution in [0.3, 0.4) is 0 Å². The van der Waals surface area contributed by atoms with Crippen molar-refractivity contribution in [2.75, 3.05) is 0 Å². The SMILES string of the molecule is C=Cc1cccc2c1C(=C)c1nc3cc4nc5c(nc4cc3nc1-2)-c1cccc2cccc-5c12. The van der Waals surface area contributed by atoms with E-state index in [2.05, 4.69) is 55.6 Å². The monoisotopic (exact) mass is 432 g/mol. The maximum absolute atomic E-state index is 5.06. The van der Waals surface area contributed by atoms with Crippen molar-refractivity contribution >= 4 is 44.5 Å². The fourth-order valence-corrected chi connectivity index (χ4v) is 5.51. The van der Waals surface area contributed by atoms with Crippen molar-refractivity contribution in [1.82, 2.24) is 19.9 Å². The van der Waals surface area contributed by atoms with E-state index in [1.165, 1.54) is 10.8 Å². The molecule has 34 heavy (non-hydrogen) atoms. The summed E-state index contributed by atoms with van der Waals surface area (Å²) in [6, 6.07) is 22.9. The zero-order valence-corrected chi connectivity index (χ0v) is 18.1. The summed E-state index contributed by atoms with van der Waals surface area (Å²) in [5, 5.41) is 2.43. The van der Waals surface area contributed by atoms with Gasteiger partial charge in [0.15, 0.2) is 0 Å². The van der Waals surface area contributed by atoms with Gasteiger partial charge in [0.25, 0.3) is 0 Å². The molecule has 0 saturated carbocycles. The molecule has 2 aromatic heterocycles. The normalized spacial score (nSPS) is 12.9. The number of aromatic nitrogens is 4. The summed E-state index contributed by atoms with van der Waals surface area (Å²) >= 11 is 0. The highest BCUT2D eigenvalue weighted by atomic mass is 14.9. The summed E-state index contributed by atoms with van der Waals surface area (Å²) in [5.74, 6) is 0. The van der Waals surface area contributed by atoms with Crippen LogP contribution in [-0.2, 0) is 0 Å². The molecule has 8 rings (SSSR count). The summed E-state index contributed by atoms with van der Waals surface area (Å²) in [5.41, 5.74) is 13.1. The molecule has 156 valence electrons. The van der Waals surface area contributed by atoms with Crippen LogP contribution in [0.15, 0.2) is 79.9 Å². The molecule has 0 bridgehead atoms. The highest BCUT2D eigenvalue weighted by Gasteiger charge is 2.28. The maximum atomic E-state index is 5.06. The van der Waals surface area contributed by atoms with E-state index in [1.54, 1.807) is 0 Å². The second-order valence-electron chi connectivity index (χ2n) is 8.83. The minimum atomic E-state index is 0.795. The molecule has 0 fully saturated rings. The largest absolute Gasteiger partial charge is 0.244 e. The van der Waals surface area contributed by atoms with E-state index in [4.69, 9.17) is 19.9 Å². The van der Waals surface area contributed by atoms with Gasteiger partial charge >= 0.3 is 0 Å². The zero-order valence-electron chi connectivity index (χ0n) is 18.1. The first kappa shape index (κ1) is 17.8. The molecule has 4 aromatic carbocycles. The predicted octanol–water partition coefficient (Wildman–Crippen LogP) is 7.06. The summed E-state index contributed by atoms with van der Waals surface area (Å²) < 4.78 is 0. The van der Waals surface area contributed by atoms with Crippen molar-refractivity contribution in [3.05, 3.63) is 96.7 Å². The van der Waals surface area contributed by atoms with Gasteiger partial charge in [-0.2, -0.15) is 0 Å². The molecule has 2 aliphatic carbocycles. The standard InChI is InChI=1S/C30H16N4/c1-3-16-7-4-10-18-25(16)15(2)27-28(18)32-22-14-24-23(13-21(22)31-27)33-29-19-11-5-8-17-9-6-12-20(26(17)19)30(29)34-24/h3-14H,1-2H2. The molecule has 0 spiro atoms. The Morgan fingerprint density at radius 3 is 1.68 bits per heavy atom. The van der Waals surface area contributed by atoms with Crippen LogP contribution < -0.4 is 0 Å². The molecular weight excluding hydrogens is 416 g/mol. The third-order valence-corrected chi connectivity index (χ3v) is 7.02. The van der Waals surface area contributed by atoms with Crippen LogP contribution in [-0.4, -0.2) is 19.9 Å². The predicted molar refractivity (Wildman–Crippen MR) is 138 cm³/mol. The van der Waals surface area contributed by atoms with Crippen LogP contribution in [0.4, 0.5) is 0 Å². The Balaban J connectivity index is 1.41. The van der Waals surface area contributed by atoms with Crippen molar-refractivity contribution in [3.8, 4) is 33.8 Å². The molecule has 0 atom stereocenters. The Bertz CT molecular complexity index is 1940. The average Bonchev–Trinajstić information content (AvgIpc) is 3.33. The molecule has 0 aliphatic heterocycles. The van der Waals surface area contributed by atoms with Gasteiger partial charge in [-0.3, -0.25) is 0 Å². The lowest BCUT2D eigenvalue weighted by atomic mass is 10.0. The first-order valence-electron chi connectivity index (χ1n) is 11.2. The number of rotatable bonds is 1. The Kier molecular flexibility index (Phi) is 3.14. The first-order valence-corrected chi connectivity index (χ1v) is 11.2. The number of benzene rings is 4. The summed E-state index contributed by atoms with van der Waals surface area (Å²) in [4.78, 5) is 20.1. The number of hydrogen-bond acceptors (Lipinski definition) is 4. The van der Waals surface area contributed by atoms with Crippen LogP contribution in [0.2, 0.25) is 0 Å².